The van der Waals surface area contributed by atoms with Crippen LogP contribution in [0.15, 0.2) is 47.4 Å². The first kappa shape index (κ1) is 35.8. The van der Waals surface area contributed by atoms with Gasteiger partial charge in [0.25, 0.3) is 0 Å². The number of esters is 1. The summed E-state index contributed by atoms with van der Waals surface area (Å²) in [5, 5.41) is 11.9. The Balaban J connectivity index is 1.44. The van der Waals surface area contributed by atoms with E-state index in [0.29, 0.717) is 49.5 Å². The van der Waals surface area contributed by atoms with E-state index in [2.05, 4.69) is 17.2 Å². The number of rotatable bonds is 19. The van der Waals surface area contributed by atoms with Gasteiger partial charge < -0.3 is 19.3 Å². The van der Waals surface area contributed by atoms with Gasteiger partial charge in [0, 0.05) is 25.5 Å². The van der Waals surface area contributed by atoms with Crippen LogP contribution in [0.3, 0.4) is 0 Å². The minimum Gasteiger partial charge on any atom is -0.453 e. The number of ketones is 1. The molecule has 1 amide bonds. The molecule has 1 fully saturated rings. The molecule has 0 saturated carbocycles. The number of amides is 1. The summed E-state index contributed by atoms with van der Waals surface area (Å²) in [6.45, 7) is 1.40. The Hall–Kier alpha value is -3.71. The fraction of sp³-hybridized carbons (Fsp3) is 0.594. The molecule has 248 valence electrons. The Bertz CT molecular complexity index is 1290. The van der Waals surface area contributed by atoms with E-state index in [-0.39, 0.29) is 24.6 Å². The summed E-state index contributed by atoms with van der Waals surface area (Å²) in [6, 6.07) is 10.6. The van der Waals surface area contributed by atoms with E-state index < -0.39 is 48.7 Å². The van der Waals surface area contributed by atoms with E-state index >= 15 is 8.78 Å². The Labute approximate surface area is 261 Å². The van der Waals surface area contributed by atoms with E-state index in [4.69, 9.17) is 14.2 Å². The number of Topliss-reactive ketones (excluding diaryl/α,β-unsaturated/α-hetero) is 1. The maximum atomic E-state index is 15.4. The van der Waals surface area contributed by atoms with Crippen LogP contribution in [0.5, 0.6) is 0 Å². The number of aliphatic hydroxyl groups excluding tert-OH is 1. The maximum absolute atomic E-state index is 15.4. The van der Waals surface area contributed by atoms with Crippen LogP contribution >= 0.6 is 0 Å². The molecule has 2 aromatic rings. The molecule has 1 aromatic heterocycles. The minimum absolute atomic E-state index is 0.125. The second-order valence-corrected chi connectivity index (χ2v) is 11.1. The van der Waals surface area contributed by atoms with Gasteiger partial charge in [-0.05, 0) is 30.9 Å². The highest BCUT2D eigenvalue weighted by molar-refractivity contribution is 5.83. The number of ether oxygens (including phenoxy) is 3. The first-order valence-electron chi connectivity index (χ1n) is 15.6. The number of aliphatic hydroxyl groups is 1. The van der Waals surface area contributed by atoms with Crippen LogP contribution in [0.25, 0.3) is 0 Å². The number of nitrogens with zero attached hydrogens (tertiary/aromatic N) is 2. The molecule has 2 heterocycles. The molecule has 3 atom stereocenters. The van der Waals surface area contributed by atoms with Crippen molar-refractivity contribution in [3.05, 3.63) is 58.6 Å². The summed E-state index contributed by atoms with van der Waals surface area (Å²) in [6.07, 6.45) is 2.01. The van der Waals surface area contributed by atoms with Gasteiger partial charge in [-0.2, -0.15) is 13.8 Å². The number of benzene rings is 1. The third-order valence-corrected chi connectivity index (χ3v) is 7.41. The molecule has 11 nitrogen and oxygen atoms in total. The summed E-state index contributed by atoms with van der Waals surface area (Å²) in [5.74, 6) is -4.84. The van der Waals surface area contributed by atoms with Gasteiger partial charge in [0.05, 0.1) is 13.2 Å². The van der Waals surface area contributed by atoms with Gasteiger partial charge >= 0.3 is 23.7 Å². The molecule has 3 rings (SSSR count). The zero-order valence-corrected chi connectivity index (χ0v) is 25.6. The van der Waals surface area contributed by atoms with Gasteiger partial charge in [-0.3, -0.25) is 19.5 Å². The molecule has 0 radical (unpaired) electrons. The number of hydrogen-bond donors (Lipinski definition) is 2. The molecule has 1 aliphatic rings. The quantitative estimate of drug-likeness (QED) is 0.154. The van der Waals surface area contributed by atoms with Crippen molar-refractivity contribution in [3.8, 4) is 0 Å². The van der Waals surface area contributed by atoms with Gasteiger partial charge in [-0.1, -0.05) is 75.8 Å². The van der Waals surface area contributed by atoms with Crippen molar-refractivity contribution in [1.29, 1.82) is 0 Å². The van der Waals surface area contributed by atoms with E-state index in [1.807, 2.05) is 30.3 Å². The highest BCUT2D eigenvalue weighted by atomic mass is 19.3. The lowest BCUT2D eigenvalue weighted by Crippen LogP contribution is -2.44. The number of halogens is 2. The number of hydrogen-bond acceptors (Lipinski definition) is 9. The lowest BCUT2D eigenvalue weighted by atomic mass is 10.0. The maximum Gasteiger partial charge on any atom is 0.412 e. The molecule has 13 heteroatoms. The fourth-order valence-corrected chi connectivity index (χ4v) is 4.99. The van der Waals surface area contributed by atoms with Crippen molar-refractivity contribution in [2.75, 3.05) is 18.5 Å². The number of nitrogens with one attached hydrogen (secondary N) is 1. The molecule has 0 unspecified atom stereocenters. The van der Waals surface area contributed by atoms with E-state index in [1.54, 1.807) is 0 Å². The molecule has 1 aliphatic heterocycles. The second-order valence-electron chi connectivity index (χ2n) is 11.1. The SMILES string of the molecule is CCCCCCCOC(=O)Nc1ccn([C@@H]2O[C@H](CO)[C@@H](OC(=O)CCCCCCC(=O)Cc3ccccc3)C2(F)F)c(=O)n1. The molecule has 1 aromatic carbocycles. The monoisotopic (exact) mass is 635 g/mol. The lowest BCUT2D eigenvalue weighted by Gasteiger charge is -2.24. The predicted molar refractivity (Wildman–Crippen MR) is 161 cm³/mol. The number of aromatic nitrogens is 2. The first-order chi connectivity index (χ1) is 21.6. The van der Waals surface area contributed by atoms with Gasteiger partial charge in [0.15, 0.2) is 6.10 Å². The van der Waals surface area contributed by atoms with Crippen molar-refractivity contribution >= 4 is 23.7 Å². The predicted octanol–water partition coefficient (Wildman–Crippen LogP) is 5.35. The second kappa shape index (κ2) is 18.3. The first-order valence-corrected chi connectivity index (χ1v) is 15.6. The number of unbranched alkanes of at least 4 members (excludes halogenated alkanes) is 7. The Morgan fingerprint density at radius 2 is 1.69 bits per heavy atom. The van der Waals surface area contributed by atoms with Gasteiger partial charge in [0.1, 0.15) is 17.7 Å². The Morgan fingerprint density at radius 3 is 2.38 bits per heavy atom. The van der Waals surface area contributed by atoms with Crippen LogP contribution in [-0.4, -0.2) is 63.8 Å². The molecule has 0 aliphatic carbocycles. The minimum atomic E-state index is -3.88. The number of carbonyl (C=O) groups excluding carboxylic acids is 3. The third-order valence-electron chi connectivity index (χ3n) is 7.41. The summed E-state index contributed by atoms with van der Waals surface area (Å²) in [5.41, 5.74) is -0.194. The van der Waals surface area contributed by atoms with E-state index in [1.165, 1.54) is 0 Å². The number of carbonyl (C=O) groups is 3. The molecule has 1 saturated heterocycles. The van der Waals surface area contributed by atoms with Crippen molar-refractivity contribution in [1.82, 2.24) is 9.55 Å². The normalized spacial score (nSPS) is 18.8. The van der Waals surface area contributed by atoms with Crippen molar-refractivity contribution in [2.45, 2.75) is 108 Å². The zero-order chi connectivity index (χ0) is 32.7. The highest BCUT2D eigenvalue weighted by Crippen LogP contribution is 2.44. The van der Waals surface area contributed by atoms with Crippen molar-refractivity contribution in [3.63, 3.8) is 0 Å². The van der Waals surface area contributed by atoms with Crippen LogP contribution in [0.1, 0.15) is 89.3 Å². The average molecular weight is 636 g/mol. The summed E-state index contributed by atoms with van der Waals surface area (Å²) >= 11 is 0. The summed E-state index contributed by atoms with van der Waals surface area (Å²) in [4.78, 5) is 52.7. The van der Waals surface area contributed by atoms with E-state index in [0.717, 1.165) is 43.5 Å². The Morgan fingerprint density at radius 1 is 1.00 bits per heavy atom. The van der Waals surface area contributed by atoms with E-state index in [9.17, 15) is 24.3 Å². The molecule has 0 spiro atoms. The molecule has 0 bridgehead atoms. The van der Waals surface area contributed by atoms with Crippen LogP contribution in [0.2, 0.25) is 0 Å². The van der Waals surface area contributed by atoms with Crippen molar-refractivity contribution in [2.24, 2.45) is 0 Å². The molecular formula is C32H43F2N3O8. The molecule has 45 heavy (non-hydrogen) atoms. The Kier molecular flexibility index (Phi) is 14.5. The van der Waals surface area contributed by atoms with Crippen LogP contribution in [0, 0.1) is 0 Å². The van der Waals surface area contributed by atoms with Gasteiger partial charge in [-0.15, -0.1) is 0 Å². The van der Waals surface area contributed by atoms with Crippen LogP contribution in [-0.2, 0) is 30.2 Å². The molecule has 2 N–H and O–H groups in total. The van der Waals surface area contributed by atoms with Gasteiger partial charge in [0.2, 0.25) is 6.23 Å². The molecular weight excluding hydrogens is 592 g/mol. The van der Waals surface area contributed by atoms with Gasteiger partial charge in [-0.25, -0.2) is 9.59 Å². The zero-order valence-electron chi connectivity index (χ0n) is 25.6. The van der Waals surface area contributed by atoms with Crippen molar-refractivity contribution < 1.29 is 42.5 Å². The number of anilines is 1. The lowest BCUT2D eigenvalue weighted by molar-refractivity contribution is -0.176. The van der Waals surface area contributed by atoms with Crippen LogP contribution < -0.4 is 11.0 Å². The largest absolute Gasteiger partial charge is 0.453 e. The smallest absolute Gasteiger partial charge is 0.412 e. The average Bonchev–Trinajstić information content (AvgIpc) is 3.26. The third kappa shape index (κ3) is 11.3. The fourth-order valence-electron chi connectivity index (χ4n) is 4.99. The topological polar surface area (TPSA) is 146 Å². The summed E-state index contributed by atoms with van der Waals surface area (Å²) in [7, 11) is 0. The van der Waals surface area contributed by atoms with Crippen LogP contribution in [0.4, 0.5) is 19.4 Å². The standard InChI is InChI=1S/C32H43F2N3O8/c1-2-3-4-7-13-20-43-31(42)36-26-18-19-37(30(41)35-26)29-32(33,34)28(25(22-38)44-29)45-27(40)17-12-6-5-11-16-24(39)21-23-14-9-8-10-15-23/h8-10,14-15,18-19,25,28-29,38H,2-7,11-13,16-17,20-22H2,1H3,(H,35,36,41,42)/t25-,28-,29-/m1/s1. The summed E-state index contributed by atoms with van der Waals surface area (Å²) < 4.78 is 46.6. The highest BCUT2D eigenvalue weighted by Gasteiger charge is 2.62. The number of alkyl halides is 2.